The lowest BCUT2D eigenvalue weighted by molar-refractivity contribution is -0.117. The van der Waals surface area contributed by atoms with Gasteiger partial charge in [0.1, 0.15) is 14.6 Å². The van der Waals surface area contributed by atoms with Gasteiger partial charge in [-0.2, -0.15) is 0 Å². The van der Waals surface area contributed by atoms with Gasteiger partial charge in [-0.25, -0.2) is 0 Å². The molecule has 0 atom stereocenters. The van der Waals surface area contributed by atoms with Crippen molar-refractivity contribution < 1.29 is 4.79 Å². The number of Topliss-reactive ketones (excluding diaryl/α,β-unsaturated/α-hetero) is 1. The maximum Gasteiger partial charge on any atom is 0.129 e. The number of rotatable bonds is 7. The molecule has 0 aliphatic carbocycles. The Balaban J connectivity index is 2.07. The van der Waals surface area contributed by atoms with Crippen LogP contribution in [-0.2, 0) is 4.79 Å². The second-order valence-electron chi connectivity index (χ2n) is 5.12. The fourth-order valence-electron chi connectivity index (χ4n) is 2.41. The number of benzene rings is 2. The summed E-state index contributed by atoms with van der Waals surface area (Å²) in [5.41, 5.74) is 0. The van der Waals surface area contributed by atoms with Gasteiger partial charge in [-0.3, -0.25) is 0 Å². The third-order valence-electron chi connectivity index (χ3n) is 3.45. The van der Waals surface area contributed by atoms with Crippen LogP contribution in [0.25, 0.3) is 0 Å². The van der Waals surface area contributed by atoms with E-state index in [1.165, 1.54) is 16.4 Å². The van der Waals surface area contributed by atoms with Gasteiger partial charge in [0, 0.05) is 6.42 Å². The number of hydrogen-bond donors (Lipinski definition) is 0. The molecule has 1 radical (unpaired) electrons. The molecule has 0 N–H and O–H groups in total. The predicted octanol–water partition coefficient (Wildman–Crippen LogP) is 3.05. The van der Waals surface area contributed by atoms with Crippen molar-refractivity contribution in [2.45, 2.75) is 32.2 Å². The van der Waals surface area contributed by atoms with E-state index in [0.717, 1.165) is 19.3 Å². The molecule has 0 saturated heterocycles. The van der Waals surface area contributed by atoms with Crippen LogP contribution in [-0.4, -0.2) is 14.6 Å². The second kappa shape index (κ2) is 7.80. The fraction of sp³-hybridized carbons (Fsp3) is 0.278. The van der Waals surface area contributed by atoms with Crippen LogP contribution in [0.5, 0.6) is 0 Å². The standard InChI is InChI=1S/C18H21OSi/c1-16(19)10-8-9-15-20(17-11-4-2-5-12-17)18-13-6-3-7-14-18/h2-7,11-14H,8-10,15H2,1H3. The summed E-state index contributed by atoms with van der Waals surface area (Å²) in [7, 11) is -0.709. The van der Waals surface area contributed by atoms with Gasteiger partial charge < -0.3 is 4.79 Å². The Morgan fingerprint density at radius 3 is 1.80 bits per heavy atom. The summed E-state index contributed by atoms with van der Waals surface area (Å²) in [4.78, 5) is 11.0. The smallest absolute Gasteiger partial charge is 0.129 e. The van der Waals surface area contributed by atoms with Crippen molar-refractivity contribution in [3.63, 3.8) is 0 Å². The minimum absolute atomic E-state index is 0.304. The minimum atomic E-state index is -0.709. The first kappa shape index (κ1) is 14.7. The third kappa shape index (κ3) is 4.46. The zero-order valence-electron chi connectivity index (χ0n) is 12.0. The molecule has 2 aromatic rings. The lowest BCUT2D eigenvalue weighted by Gasteiger charge is -2.15. The number of carbonyl (C=O) groups excluding carboxylic acids is 1. The molecule has 0 spiro atoms. The lowest BCUT2D eigenvalue weighted by Crippen LogP contribution is -2.41. The van der Waals surface area contributed by atoms with Crippen LogP contribution in [0.2, 0.25) is 6.04 Å². The van der Waals surface area contributed by atoms with E-state index in [-0.39, 0.29) is 0 Å². The van der Waals surface area contributed by atoms with E-state index in [1.807, 2.05) is 0 Å². The molecular formula is C18H21OSi. The monoisotopic (exact) mass is 281 g/mol. The van der Waals surface area contributed by atoms with E-state index >= 15 is 0 Å². The molecule has 0 aliphatic rings. The Kier molecular flexibility index (Phi) is 5.75. The highest BCUT2D eigenvalue weighted by atomic mass is 28.3. The number of hydrogen-bond acceptors (Lipinski definition) is 1. The summed E-state index contributed by atoms with van der Waals surface area (Å²) in [6, 6.07) is 22.8. The summed E-state index contributed by atoms with van der Waals surface area (Å²) in [6.07, 6.45) is 2.87. The third-order valence-corrected chi connectivity index (χ3v) is 6.36. The summed E-state index contributed by atoms with van der Waals surface area (Å²) in [5, 5.41) is 2.93. The molecule has 0 unspecified atom stereocenters. The van der Waals surface area contributed by atoms with Crippen molar-refractivity contribution in [1.29, 1.82) is 0 Å². The predicted molar refractivity (Wildman–Crippen MR) is 87.2 cm³/mol. The summed E-state index contributed by atoms with van der Waals surface area (Å²) >= 11 is 0. The fourth-order valence-corrected chi connectivity index (χ4v) is 5.11. The Labute approximate surface area is 123 Å². The molecule has 2 aromatic carbocycles. The number of unbranched alkanes of at least 4 members (excludes halogenated alkanes) is 1. The van der Waals surface area contributed by atoms with Gasteiger partial charge in [0.05, 0.1) is 0 Å². The van der Waals surface area contributed by atoms with Crippen LogP contribution in [0.15, 0.2) is 60.7 Å². The zero-order valence-corrected chi connectivity index (χ0v) is 13.0. The molecule has 0 aliphatic heterocycles. The van der Waals surface area contributed by atoms with Crippen LogP contribution < -0.4 is 10.4 Å². The van der Waals surface area contributed by atoms with E-state index < -0.39 is 8.80 Å². The van der Waals surface area contributed by atoms with Crippen molar-refractivity contribution in [2.24, 2.45) is 0 Å². The van der Waals surface area contributed by atoms with Gasteiger partial charge in [-0.15, -0.1) is 0 Å². The Bertz CT molecular complexity index is 482. The van der Waals surface area contributed by atoms with Crippen LogP contribution in [0, 0.1) is 0 Å². The molecule has 0 fully saturated rings. The molecule has 1 nitrogen and oxygen atoms in total. The van der Waals surface area contributed by atoms with Crippen molar-refractivity contribution in [2.75, 3.05) is 0 Å². The van der Waals surface area contributed by atoms with Crippen LogP contribution >= 0.6 is 0 Å². The van der Waals surface area contributed by atoms with Gasteiger partial charge in [-0.1, -0.05) is 83.5 Å². The van der Waals surface area contributed by atoms with Gasteiger partial charge in [0.25, 0.3) is 0 Å². The molecule has 0 amide bonds. The van der Waals surface area contributed by atoms with Crippen molar-refractivity contribution in [1.82, 2.24) is 0 Å². The normalized spacial score (nSPS) is 10.7. The molecule has 0 bridgehead atoms. The molecule has 2 heteroatoms. The first-order valence-electron chi connectivity index (χ1n) is 7.23. The van der Waals surface area contributed by atoms with E-state index in [9.17, 15) is 4.79 Å². The van der Waals surface area contributed by atoms with Crippen molar-refractivity contribution in [3.8, 4) is 0 Å². The first-order valence-corrected chi connectivity index (χ1v) is 8.94. The van der Waals surface area contributed by atoms with E-state index in [1.54, 1.807) is 6.92 Å². The largest absolute Gasteiger partial charge is 0.300 e. The topological polar surface area (TPSA) is 17.1 Å². The number of carbonyl (C=O) groups is 1. The number of ketones is 1. The Hall–Kier alpha value is -1.67. The van der Waals surface area contributed by atoms with E-state index in [4.69, 9.17) is 0 Å². The van der Waals surface area contributed by atoms with Crippen LogP contribution in [0.1, 0.15) is 26.2 Å². The van der Waals surface area contributed by atoms with Crippen LogP contribution in [0.4, 0.5) is 0 Å². The summed E-state index contributed by atoms with van der Waals surface area (Å²) in [6.45, 7) is 1.68. The second-order valence-corrected chi connectivity index (χ2v) is 7.73. The molecule has 0 heterocycles. The zero-order chi connectivity index (χ0) is 14.2. The highest BCUT2D eigenvalue weighted by Crippen LogP contribution is 2.06. The molecular weight excluding hydrogens is 260 g/mol. The Morgan fingerprint density at radius 2 is 1.35 bits per heavy atom. The highest BCUT2D eigenvalue weighted by molar-refractivity contribution is 6.85. The molecule has 0 aromatic heterocycles. The van der Waals surface area contributed by atoms with Crippen molar-refractivity contribution >= 4 is 25.0 Å². The SMILES string of the molecule is CC(=O)CCCC[Si](c1ccccc1)c1ccccc1. The molecule has 2 rings (SSSR count). The van der Waals surface area contributed by atoms with E-state index in [0.29, 0.717) is 5.78 Å². The summed E-state index contributed by atoms with van der Waals surface area (Å²) < 4.78 is 0. The van der Waals surface area contributed by atoms with Gasteiger partial charge >= 0.3 is 0 Å². The maximum absolute atomic E-state index is 11.0. The molecule has 103 valence electrons. The Morgan fingerprint density at radius 1 is 0.850 bits per heavy atom. The molecule has 20 heavy (non-hydrogen) atoms. The van der Waals surface area contributed by atoms with E-state index in [2.05, 4.69) is 60.7 Å². The average Bonchev–Trinajstić information content (AvgIpc) is 2.49. The average molecular weight is 281 g/mol. The van der Waals surface area contributed by atoms with Gasteiger partial charge in [0.15, 0.2) is 0 Å². The van der Waals surface area contributed by atoms with Gasteiger partial charge in [-0.05, 0) is 13.3 Å². The van der Waals surface area contributed by atoms with Crippen molar-refractivity contribution in [3.05, 3.63) is 60.7 Å². The van der Waals surface area contributed by atoms with Crippen LogP contribution in [0.3, 0.4) is 0 Å². The van der Waals surface area contributed by atoms with Gasteiger partial charge in [0.2, 0.25) is 0 Å². The minimum Gasteiger partial charge on any atom is -0.300 e. The maximum atomic E-state index is 11.0. The summed E-state index contributed by atoms with van der Waals surface area (Å²) in [5.74, 6) is 0.304. The lowest BCUT2D eigenvalue weighted by atomic mass is 10.2. The quantitative estimate of drug-likeness (QED) is 0.563. The first-order chi connectivity index (χ1) is 9.77. The molecule has 0 saturated carbocycles. The highest BCUT2D eigenvalue weighted by Gasteiger charge is 2.15.